The van der Waals surface area contributed by atoms with Gasteiger partial charge >= 0.3 is 5.97 Å². The Bertz CT molecular complexity index is 1880. The third kappa shape index (κ3) is 5.79. The number of hydrogen-bond donors (Lipinski definition) is 0. The quantitative estimate of drug-likeness (QED) is 0.176. The van der Waals surface area contributed by atoms with Crippen LogP contribution in [0.15, 0.2) is 60.8 Å². The normalized spacial score (nSPS) is 16.3. The van der Waals surface area contributed by atoms with Crippen LogP contribution in [0, 0.1) is 19.3 Å². The molecule has 2 unspecified atom stereocenters. The molecule has 8 heteroatoms. The van der Waals surface area contributed by atoms with Gasteiger partial charge < -0.3 is 9.47 Å². The molecule has 6 rings (SSSR count). The molecule has 45 heavy (non-hydrogen) atoms. The second-order valence-electron chi connectivity index (χ2n) is 13.0. The van der Waals surface area contributed by atoms with Gasteiger partial charge in [0.1, 0.15) is 17.4 Å². The van der Waals surface area contributed by atoms with Gasteiger partial charge in [0.15, 0.2) is 0 Å². The van der Waals surface area contributed by atoms with Gasteiger partial charge in [0.25, 0.3) is 0 Å². The zero-order chi connectivity index (χ0) is 31.9. The number of nitrogens with zero attached hydrogens (tertiary/aromatic N) is 5. The van der Waals surface area contributed by atoms with E-state index in [1.54, 1.807) is 4.68 Å². The van der Waals surface area contributed by atoms with Gasteiger partial charge in [-0.3, -0.25) is 14.7 Å². The van der Waals surface area contributed by atoms with Gasteiger partial charge in [-0.25, -0.2) is 4.68 Å². The van der Waals surface area contributed by atoms with E-state index < -0.39 is 5.41 Å². The minimum atomic E-state index is -0.836. The van der Waals surface area contributed by atoms with Crippen molar-refractivity contribution in [1.82, 2.24) is 24.9 Å². The Balaban J connectivity index is 1.40. The first-order valence-corrected chi connectivity index (χ1v) is 15.8. The number of esters is 1. The van der Waals surface area contributed by atoms with Gasteiger partial charge in [-0.05, 0) is 86.2 Å². The predicted octanol–water partition coefficient (Wildman–Crippen LogP) is 7.03. The van der Waals surface area contributed by atoms with Crippen LogP contribution in [0.25, 0.3) is 21.9 Å². The maximum Gasteiger partial charge on any atom is 0.312 e. The number of aryl methyl sites for hydroxylation is 3. The third-order valence-electron chi connectivity index (χ3n) is 9.47. The zero-order valence-corrected chi connectivity index (χ0v) is 27.4. The number of hydrogen-bond acceptors (Lipinski definition) is 7. The molecule has 3 heterocycles. The van der Waals surface area contributed by atoms with Crippen molar-refractivity contribution >= 4 is 27.9 Å². The Morgan fingerprint density at radius 3 is 2.73 bits per heavy atom. The van der Waals surface area contributed by atoms with E-state index in [1.165, 1.54) is 18.2 Å². The largest absolute Gasteiger partial charge is 0.489 e. The van der Waals surface area contributed by atoms with E-state index in [2.05, 4.69) is 83.4 Å². The Hall–Kier alpha value is -4.30. The molecule has 0 radical (unpaired) electrons. The number of ether oxygens (including phenoxy) is 2. The van der Waals surface area contributed by atoms with E-state index >= 15 is 0 Å². The Morgan fingerprint density at radius 2 is 1.96 bits per heavy atom. The second kappa shape index (κ2) is 12.2. The van der Waals surface area contributed by atoms with Crippen LogP contribution in [0.2, 0.25) is 0 Å². The number of benzene rings is 3. The SMILES string of the molecule is CCCC1CN(Cc2cc(C(c3ccc4c(nnn4C)c3C)C(C)(C)C(=O)OC)ccc2C)Cc2cc3ncccc3cc2O1. The molecular weight excluding hydrogens is 562 g/mol. The third-order valence-corrected chi connectivity index (χ3v) is 9.47. The number of methoxy groups -OCH3 is 1. The van der Waals surface area contributed by atoms with Crippen molar-refractivity contribution in [3.63, 3.8) is 0 Å². The second-order valence-corrected chi connectivity index (χ2v) is 13.0. The fraction of sp³-hybridized carbons (Fsp3) is 0.405. The van der Waals surface area contributed by atoms with E-state index in [9.17, 15) is 4.79 Å². The van der Waals surface area contributed by atoms with Crippen molar-refractivity contribution in [2.24, 2.45) is 12.5 Å². The summed E-state index contributed by atoms with van der Waals surface area (Å²) < 4.78 is 13.8. The molecule has 3 aromatic carbocycles. The highest BCUT2D eigenvalue weighted by Crippen LogP contribution is 2.44. The highest BCUT2D eigenvalue weighted by molar-refractivity contribution is 5.83. The number of pyridine rings is 1. The van der Waals surface area contributed by atoms with Gasteiger partial charge in [-0.2, -0.15) is 0 Å². The van der Waals surface area contributed by atoms with Crippen molar-refractivity contribution in [2.45, 2.75) is 72.6 Å². The molecule has 0 amide bonds. The van der Waals surface area contributed by atoms with Crippen LogP contribution in [0.4, 0.5) is 0 Å². The van der Waals surface area contributed by atoms with Crippen LogP contribution >= 0.6 is 0 Å². The summed E-state index contributed by atoms with van der Waals surface area (Å²) in [6.07, 6.45) is 3.98. The lowest BCUT2D eigenvalue weighted by Gasteiger charge is -2.34. The van der Waals surface area contributed by atoms with E-state index in [-0.39, 0.29) is 18.0 Å². The number of fused-ring (bicyclic) bond motifs is 3. The molecule has 0 N–H and O–H groups in total. The van der Waals surface area contributed by atoms with Crippen molar-refractivity contribution < 1.29 is 14.3 Å². The van der Waals surface area contributed by atoms with Crippen LogP contribution in [0.1, 0.15) is 72.9 Å². The molecule has 1 aliphatic heterocycles. The molecule has 5 aromatic rings. The molecule has 0 saturated carbocycles. The van der Waals surface area contributed by atoms with Crippen molar-refractivity contribution in [3.05, 3.63) is 94.2 Å². The summed E-state index contributed by atoms with van der Waals surface area (Å²) in [5.41, 5.74) is 8.70. The summed E-state index contributed by atoms with van der Waals surface area (Å²) >= 11 is 0. The highest BCUT2D eigenvalue weighted by Gasteiger charge is 2.41. The lowest BCUT2D eigenvalue weighted by molar-refractivity contribution is -0.151. The minimum absolute atomic E-state index is 0.0984. The average molecular weight is 606 g/mol. The molecule has 0 bridgehead atoms. The molecule has 0 fully saturated rings. The minimum Gasteiger partial charge on any atom is -0.489 e. The van der Waals surface area contributed by atoms with Crippen molar-refractivity contribution in [3.8, 4) is 5.75 Å². The maximum absolute atomic E-state index is 13.3. The molecule has 234 valence electrons. The van der Waals surface area contributed by atoms with Gasteiger partial charge in [0.05, 0.1) is 23.6 Å². The maximum atomic E-state index is 13.3. The van der Waals surface area contributed by atoms with Gasteiger partial charge in [0, 0.05) is 49.7 Å². The summed E-state index contributed by atoms with van der Waals surface area (Å²) in [7, 11) is 3.36. The van der Waals surface area contributed by atoms with E-state index in [1.807, 2.05) is 39.2 Å². The summed E-state index contributed by atoms with van der Waals surface area (Å²) in [4.78, 5) is 20.4. The number of carbonyl (C=O) groups excluding carboxylic acids is 1. The van der Waals surface area contributed by atoms with Gasteiger partial charge in [0.2, 0.25) is 0 Å². The smallest absolute Gasteiger partial charge is 0.312 e. The first-order valence-electron chi connectivity index (χ1n) is 15.8. The van der Waals surface area contributed by atoms with Crippen molar-refractivity contribution in [2.75, 3.05) is 13.7 Å². The molecule has 0 spiro atoms. The molecule has 2 aromatic heterocycles. The molecule has 8 nitrogen and oxygen atoms in total. The van der Waals surface area contributed by atoms with Crippen LogP contribution in [-0.2, 0) is 29.7 Å². The molecule has 0 saturated heterocycles. The van der Waals surface area contributed by atoms with E-state index in [0.29, 0.717) is 0 Å². The first kappa shape index (κ1) is 30.7. The van der Waals surface area contributed by atoms with Gasteiger partial charge in [-0.1, -0.05) is 48.9 Å². The fourth-order valence-corrected chi connectivity index (χ4v) is 6.99. The van der Waals surface area contributed by atoms with Crippen LogP contribution in [0.3, 0.4) is 0 Å². The first-order chi connectivity index (χ1) is 21.6. The number of rotatable bonds is 8. The predicted molar refractivity (Wildman–Crippen MR) is 177 cm³/mol. The zero-order valence-electron chi connectivity index (χ0n) is 27.4. The summed E-state index contributed by atoms with van der Waals surface area (Å²) in [5.74, 6) is 0.448. The standard InChI is InChI=1S/C37H43N5O3/c1-8-10-29-22-42(21-28-18-31-25(11-9-16-38-31)19-33(28)45-29)20-27-17-26(13-12-23(27)2)34(37(4,5)36(43)44-7)30-14-15-32-35(24(30)3)39-40-41(32)6/h9,11-19,29,34H,8,10,20-22H2,1-7H3. The van der Waals surface area contributed by atoms with E-state index in [4.69, 9.17) is 9.47 Å². The monoisotopic (exact) mass is 605 g/mol. The van der Waals surface area contributed by atoms with Crippen molar-refractivity contribution in [1.29, 1.82) is 0 Å². The van der Waals surface area contributed by atoms with Crippen LogP contribution in [0.5, 0.6) is 5.75 Å². The topological polar surface area (TPSA) is 82.4 Å². The highest BCUT2D eigenvalue weighted by atomic mass is 16.5. The molecule has 2 atom stereocenters. The summed E-state index contributed by atoms with van der Waals surface area (Å²) in [6.45, 7) is 12.8. The van der Waals surface area contributed by atoms with E-state index in [0.717, 1.165) is 82.4 Å². The summed E-state index contributed by atoms with van der Waals surface area (Å²) in [5, 5.41) is 9.80. The molecule has 1 aliphatic rings. The Labute approximate surface area is 265 Å². The lowest BCUT2D eigenvalue weighted by Crippen LogP contribution is -2.34. The Morgan fingerprint density at radius 1 is 1.13 bits per heavy atom. The lowest BCUT2D eigenvalue weighted by atomic mass is 9.69. The molecule has 0 aliphatic carbocycles. The fourth-order valence-electron chi connectivity index (χ4n) is 6.99. The number of aromatic nitrogens is 4. The molecular formula is C37H43N5O3. The van der Waals surface area contributed by atoms with Crippen LogP contribution in [-0.4, -0.2) is 50.6 Å². The average Bonchev–Trinajstić information content (AvgIpc) is 3.31. The van der Waals surface area contributed by atoms with Gasteiger partial charge in [-0.15, -0.1) is 5.10 Å². The number of carbonyl (C=O) groups is 1. The Kier molecular flexibility index (Phi) is 8.35. The summed E-state index contributed by atoms with van der Waals surface area (Å²) in [6, 6.07) is 19.2. The van der Waals surface area contributed by atoms with Crippen LogP contribution < -0.4 is 4.74 Å².